The molecule has 0 fully saturated rings. The molecule has 1 aliphatic rings. The first-order valence-electron chi connectivity index (χ1n) is 19.0. The van der Waals surface area contributed by atoms with Gasteiger partial charge in [0.25, 0.3) is 0 Å². The van der Waals surface area contributed by atoms with Gasteiger partial charge in [0.05, 0.1) is 0 Å². The minimum atomic E-state index is -4.74. The third-order valence-electron chi connectivity index (χ3n) is 11.2. The molecule has 0 saturated carbocycles. The first kappa shape index (κ1) is 33.4. The van der Waals surface area contributed by atoms with E-state index in [0.717, 1.165) is 65.7 Å². The Balaban J connectivity index is 1.16. The maximum atomic E-state index is 14.4. The molecular weight excluding hydrogens is 720 g/mol. The predicted molar refractivity (Wildman–Crippen MR) is 235 cm³/mol. The zero-order chi connectivity index (χ0) is 38.1. The molecule has 0 amide bonds. The summed E-state index contributed by atoms with van der Waals surface area (Å²) in [6.07, 6.45) is 0. The van der Waals surface area contributed by atoms with Crippen molar-refractivity contribution in [2.45, 2.75) is 0 Å². The molecule has 270 valence electrons. The van der Waals surface area contributed by atoms with Crippen LogP contribution in [0.4, 0.5) is 0 Å². The molecule has 1 aliphatic heterocycles. The Bertz CT molecular complexity index is 3090. The lowest BCUT2D eigenvalue weighted by molar-refractivity contribution is 0.295. The lowest BCUT2D eigenvalue weighted by Gasteiger charge is -2.19. The third kappa shape index (κ3) is 5.78. The van der Waals surface area contributed by atoms with Gasteiger partial charge in [0.2, 0.25) is 0 Å². The summed E-state index contributed by atoms with van der Waals surface area (Å²) >= 11 is 0. The van der Waals surface area contributed by atoms with Crippen LogP contribution >= 0.6 is 7.82 Å². The molecule has 0 aliphatic carbocycles. The molecule has 57 heavy (non-hydrogen) atoms. The van der Waals surface area contributed by atoms with Gasteiger partial charge in [-0.2, -0.15) is 0 Å². The monoisotopic (exact) mass is 752 g/mol. The molecule has 10 aromatic rings. The van der Waals surface area contributed by atoms with Crippen molar-refractivity contribution in [1.82, 2.24) is 0 Å². The van der Waals surface area contributed by atoms with E-state index < -0.39 is 7.82 Å². The van der Waals surface area contributed by atoms with Gasteiger partial charge in [-0.3, -0.25) is 4.89 Å². The van der Waals surface area contributed by atoms with Crippen molar-refractivity contribution in [2.75, 3.05) is 0 Å². The molecule has 0 aromatic heterocycles. The summed E-state index contributed by atoms with van der Waals surface area (Å²) in [7, 11) is -4.74. The fraction of sp³-hybridized carbons (Fsp3) is 0. The maximum Gasteiger partial charge on any atom is 0.584 e. The second kappa shape index (κ2) is 13.1. The molecule has 11 rings (SSSR count). The van der Waals surface area contributed by atoms with Crippen molar-refractivity contribution in [3.63, 3.8) is 0 Å². The average molecular weight is 753 g/mol. The van der Waals surface area contributed by atoms with Gasteiger partial charge >= 0.3 is 7.82 Å². The van der Waals surface area contributed by atoms with Gasteiger partial charge in [-0.25, -0.2) is 4.57 Å². The summed E-state index contributed by atoms with van der Waals surface area (Å²) in [5.41, 5.74) is 8.74. The van der Waals surface area contributed by atoms with Gasteiger partial charge in [-0.15, -0.1) is 0 Å². The molecule has 0 bridgehead atoms. The van der Waals surface area contributed by atoms with Gasteiger partial charge in [0, 0.05) is 22.3 Å². The average Bonchev–Trinajstić information content (AvgIpc) is 3.39. The van der Waals surface area contributed by atoms with Gasteiger partial charge in [-0.05, 0) is 113 Å². The van der Waals surface area contributed by atoms with Crippen LogP contribution in [0.1, 0.15) is 0 Å². The fourth-order valence-corrected chi connectivity index (χ4v) is 9.37. The number of rotatable bonds is 4. The lowest BCUT2D eigenvalue weighted by atomic mass is 9.86. The van der Waals surface area contributed by atoms with Crippen molar-refractivity contribution in [3.05, 3.63) is 194 Å². The van der Waals surface area contributed by atoms with Crippen LogP contribution in [0.2, 0.25) is 0 Å². The van der Waals surface area contributed by atoms with E-state index in [1.807, 2.05) is 84.9 Å². The van der Waals surface area contributed by atoms with Gasteiger partial charge < -0.3 is 9.05 Å². The van der Waals surface area contributed by atoms with E-state index in [4.69, 9.17) is 9.05 Å². The summed E-state index contributed by atoms with van der Waals surface area (Å²) in [6, 6.07) is 66.5. The molecule has 0 spiro atoms. The van der Waals surface area contributed by atoms with Crippen molar-refractivity contribution >= 4 is 50.9 Å². The molecule has 10 aromatic carbocycles. The summed E-state index contributed by atoms with van der Waals surface area (Å²) in [4.78, 5) is 11.7. The van der Waals surface area contributed by atoms with Crippen LogP contribution in [0.3, 0.4) is 0 Å². The zero-order valence-electron chi connectivity index (χ0n) is 30.6. The van der Waals surface area contributed by atoms with Crippen LogP contribution in [0.15, 0.2) is 194 Å². The second-order valence-electron chi connectivity index (χ2n) is 14.6. The quantitative estimate of drug-likeness (QED) is 0.182. The Kier molecular flexibility index (Phi) is 7.65. The molecule has 1 N–H and O–H groups in total. The highest BCUT2D eigenvalue weighted by Gasteiger charge is 2.37. The second-order valence-corrected chi connectivity index (χ2v) is 15.9. The van der Waals surface area contributed by atoms with E-state index in [2.05, 4.69) is 109 Å². The van der Waals surface area contributed by atoms with Gasteiger partial charge in [0.1, 0.15) is 11.5 Å². The third-order valence-corrected chi connectivity index (χ3v) is 12.0. The van der Waals surface area contributed by atoms with E-state index in [0.29, 0.717) is 33.8 Å². The van der Waals surface area contributed by atoms with Crippen LogP contribution in [0.25, 0.3) is 98.7 Å². The van der Waals surface area contributed by atoms with Crippen LogP contribution in [0, 0.1) is 0 Å². The minimum absolute atomic E-state index is 0.307. The largest absolute Gasteiger partial charge is 0.584 e. The number of fused-ring (bicyclic) bond motifs is 9. The molecule has 0 unspecified atom stereocenters. The number of phosphoric ester groups is 1. The normalized spacial score (nSPS) is 13.1. The molecule has 0 saturated heterocycles. The Labute approximate surface area is 329 Å². The highest BCUT2D eigenvalue weighted by atomic mass is 31.2. The molecular formula is C52H33O4P. The summed E-state index contributed by atoms with van der Waals surface area (Å²) in [6.45, 7) is 0. The maximum absolute atomic E-state index is 14.4. The topological polar surface area (TPSA) is 55.8 Å². The Morgan fingerprint density at radius 3 is 1.16 bits per heavy atom. The SMILES string of the molecule is O=P1(O)Oc2c(-c3cccc(-c4ccc5ccccc5c4)c3)cc3ccccc3c2-c2c(c(-c3cccc(-c4ccc5ccccc5c4)c3)cc3ccccc23)O1. The van der Waals surface area contributed by atoms with E-state index >= 15 is 0 Å². The highest BCUT2D eigenvalue weighted by molar-refractivity contribution is 7.48. The number of hydrogen-bond donors (Lipinski definition) is 1. The number of benzene rings is 10. The van der Waals surface area contributed by atoms with Crippen molar-refractivity contribution < 1.29 is 18.5 Å². The molecule has 0 radical (unpaired) electrons. The minimum Gasteiger partial charge on any atom is -0.394 e. The van der Waals surface area contributed by atoms with E-state index in [1.165, 1.54) is 10.8 Å². The molecule has 4 nitrogen and oxygen atoms in total. The van der Waals surface area contributed by atoms with E-state index in [-0.39, 0.29) is 0 Å². The standard InChI is InChI=1S/C52H33O4P/c53-57(54)55-51-47(41-19-9-17-37(29-41)39-25-23-33-11-1-3-13-35(33)27-39)31-43-15-5-7-21-45(43)49(51)50-46-22-8-6-16-44(46)32-48(52(50)56-57)42-20-10-18-38(30-42)40-26-24-34-12-2-4-14-36(34)28-40/h1-32H,(H,53,54). The lowest BCUT2D eigenvalue weighted by Crippen LogP contribution is -2.00. The first-order chi connectivity index (χ1) is 28.0. The molecule has 1 heterocycles. The summed E-state index contributed by atoms with van der Waals surface area (Å²) in [5.74, 6) is 0.613. The Morgan fingerprint density at radius 1 is 0.333 bits per heavy atom. The Hall–Kier alpha value is -6.97. The number of hydrogen-bond acceptors (Lipinski definition) is 3. The van der Waals surface area contributed by atoms with Gasteiger partial charge in [0.15, 0.2) is 0 Å². The molecule has 0 atom stereocenters. The highest BCUT2D eigenvalue weighted by Crippen LogP contribution is 2.61. The smallest absolute Gasteiger partial charge is 0.394 e. The zero-order valence-corrected chi connectivity index (χ0v) is 31.5. The fourth-order valence-electron chi connectivity index (χ4n) is 8.49. The van der Waals surface area contributed by atoms with Crippen molar-refractivity contribution in [3.8, 4) is 67.1 Å². The van der Waals surface area contributed by atoms with Gasteiger partial charge in [-0.1, -0.05) is 158 Å². The van der Waals surface area contributed by atoms with E-state index in [9.17, 15) is 9.46 Å². The van der Waals surface area contributed by atoms with Crippen LogP contribution in [0.5, 0.6) is 11.5 Å². The van der Waals surface area contributed by atoms with Crippen LogP contribution < -0.4 is 9.05 Å². The van der Waals surface area contributed by atoms with Crippen LogP contribution in [-0.2, 0) is 4.57 Å². The molecule has 5 heteroatoms. The van der Waals surface area contributed by atoms with E-state index in [1.54, 1.807) is 0 Å². The summed E-state index contributed by atoms with van der Waals surface area (Å²) in [5, 5.41) is 8.39. The summed E-state index contributed by atoms with van der Waals surface area (Å²) < 4.78 is 26.9. The predicted octanol–water partition coefficient (Wildman–Crippen LogP) is 14.5. The number of phosphoric acid groups is 1. The first-order valence-corrected chi connectivity index (χ1v) is 20.5. The van der Waals surface area contributed by atoms with Crippen molar-refractivity contribution in [2.24, 2.45) is 0 Å². The van der Waals surface area contributed by atoms with Crippen LogP contribution in [-0.4, -0.2) is 4.89 Å². The Morgan fingerprint density at radius 2 is 0.702 bits per heavy atom. The van der Waals surface area contributed by atoms with Crippen molar-refractivity contribution in [1.29, 1.82) is 0 Å².